The van der Waals surface area contributed by atoms with Crippen LogP contribution in [0.2, 0.25) is 0 Å². The number of rotatable bonds is 3. The summed E-state index contributed by atoms with van der Waals surface area (Å²) < 4.78 is 16.5. The van der Waals surface area contributed by atoms with E-state index in [2.05, 4.69) is 10.1 Å². The molecular formula is C16H19N3O4. The summed E-state index contributed by atoms with van der Waals surface area (Å²) in [5.74, 6) is 2.01. The number of aromatic nitrogens is 2. The molecule has 0 N–H and O–H groups in total. The van der Waals surface area contributed by atoms with Gasteiger partial charge in [-0.05, 0) is 26.3 Å². The molecule has 3 atom stereocenters. The van der Waals surface area contributed by atoms with Gasteiger partial charge >= 0.3 is 0 Å². The average Bonchev–Trinajstić information content (AvgIpc) is 3.23. The molecule has 4 rings (SSSR count). The molecule has 0 bridgehead atoms. The highest BCUT2D eigenvalue weighted by molar-refractivity contribution is 5.93. The van der Waals surface area contributed by atoms with Crippen molar-refractivity contribution >= 4 is 5.91 Å². The Kier molecular flexibility index (Phi) is 3.45. The summed E-state index contributed by atoms with van der Waals surface area (Å²) >= 11 is 0. The second-order valence-electron chi connectivity index (χ2n) is 6.37. The fourth-order valence-electron chi connectivity index (χ4n) is 3.51. The number of furan rings is 1. The molecule has 2 saturated heterocycles. The lowest BCUT2D eigenvalue weighted by Crippen LogP contribution is -2.31. The van der Waals surface area contributed by atoms with Gasteiger partial charge in [0.15, 0.2) is 11.6 Å². The van der Waals surface area contributed by atoms with Gasteiger partial charge in [0, 0.05) is 24.6 Å². The van der Waals surface area contributed by atoms with Crippen molar-refractivity contribution in [2.45, 2.75) is 38.9 Å². The van der Waals surface area contributed by atoms with Crippen molar-refractivity contribution in [2.24, 2.45) is 5.92 Å². The number of hydrogen-bond donors (Lipinski definition) is 0. The van der Waals surface area contributed by atoms with Gasteiger partial charge in [-0.25, -0.2) is 0 Å². The number of carbonyl (C=O) groups is 1. The summed E-state index contributed by atoms with van der Waals surface area (Å²) in [6.45, 7) is 5.01. The zero-order valence-electron chi connectivity index (χ0n) is 13.2. The van der Waals surface area contributed by atoms with E-state index in [9.17, 15) is 4.79 Å². The maximum Gasteiger partial charge on any atom is 0.289 e. The molecule has 0 saturated carbocycles. The van der Waals surface area contributed by atoms with E-state index in [0.717, 1.165) is 12.0 Å². The van der Waals surface area contributed by atoms with E-state index in [1.54, 1.807) is 13.2 Å². The van der Waals surface area contributed by atoms with Crippen LogP contribution < -0.4 is 0 Å². The van der Waals surface area contributed by atoms with Gasteiger partial charge in [0.25, 0.3) is 5.91 Å². The van der Waals surface area contributed by atoms with E-state index in [1.165, 1.54) is 0 Å². The zero-order valence-corrected chi connectivity index (χ0v) is 13.2. The molecule has 0 radical (unpaired) electrons. The topological polar surface area (TPSA) is 81.6 Å². The van der Waals surface area contributed by atoms with E-state index in [-0.39, 0.29) is 18.1 Å². The highest BCUT2D eigenvalue weighted by Crippen LogP contribution is 2.35. The minimum Gasteiger partial charge on any atom is -0.459 e. The summed E-state index contributed by atoms with van der Waals surface area (Å²) in [6.07, 6.45) is 3.28. The van der Waals surface area contributed by atoms with Crippen molar-refractivity contribution < 1.29 is 18.5 Å². The van der Waals surface area contributed by atoms with Crippen LogP contribution in [0, 0.1) is 19.8 Å². The lowest BCUT2D eigenvalue weighted by molar-refractivity contribution is 0.0324. The molecule has 0 unspecified atom stereocenters. The highest BCUT2D eigenvalue weighted by atomic mass is 16.5. The van der Waals surface area contributed by atoms with Crippen LogP contribution in [-0.4, -0.2) is 46.2 Å². The van der Waals surface area contributed by atoms with E-state index >= 15 is 0 Å². The van der Waals surface area contributed by atoms with Crippen LogP contribution in [0.25, 0.3) is 0 Å². The minimum absolute atomic E-state index is 0.0467. The number of amides is 1. The highest BCUT2D eigenvalue weighted by Gasteiger charge is 2.44. The number of fused-ring (bicyclic) bond motifs is 1. The maximum atomic E-state index is 12.5. The van der Waals surface area contributed by atoms with Crippen molar-refractivity contribution in [1.29, 1.82) is 0 Å². The van der Waals surface area contributed by atoms with Crippen LogP contribution in [0.15, 0.2) is 21.3 Å². The molecule has 2 aliphatic heterocycles. The lowest BCUT2D eigenvalue weighted by Gasteiger charge is -2.18. The Bertz CT molecular complexity index is 708. The summed E-state index contributed by atoms with van der Waals surface area (Å²) in [5, 5.41) is 3.80. The Balaban J connectivity index is 1.36. The molecule has 0 aliphatic carbocycles. The van der Waals surface area contributed by atoms with Crippen LogP contribution in [0.5, 0.6) is 0 Å². The lowest BCUT2D eigenvalue weighted by atomic mass is 10.0. The SMILES string of the molecule is Cc1noc(C[C@H]2C[C@H]3CN(C(=O)c4occc4C)C[C@H]3O2)n1. The Morgan fingerprint density at radius 1 is 1.39 bits per heavy atom. The van der Waals surface area contributed by atoms with Crippen molar-refractivity contribution in [3.63, 3.8) is 0 Å². The summed E-state index contributed by atoms with van der Waals surface area (Å²) in [6, 6.07) is 1.81. The molecule has 0 aromatic carbocycles. The molecule has 23 heavy (non-hydrogen) atoms. The van der Waals surface area contributed by atoms with Gasteiger partial charge in [-0.1, -0.05) is 5.16 Å². The Morgan fingerprint density at radius 2 is 2.26 bits per heavy atom. The average molecular weight is 317 g/mol. The normalized spacial score (nSPS) is 26.7. The smallest absolute Gasteiger partial charge is 0.289 e. The van der Waals surface area contributed by atoms with Gasteiger partial charge in [0.05, 0.1) is 24.9 Å². The summed E-state index contributed by atoms with van der Waals surface area (Å²) in [5.41, 5.74) is 0.873. The number of likely N-dealkylation sites (tertiary alicyclic amines) is 1. The fraction of sp³-hybridized carbons (Fsp3) is 0.562. The number of carbonyl (C=O) groups excluding carboxylic acids is 1. The molecule has 2 aromatic heterocycles. The Labute approximate surface area is 133 Å². The second kappa shape index (κ2) is 5.49. The van der Waals surface area contributed by atoms with Gasteiger partial charge in [-0.15, -0.1) is 0 Å². The van der Waals surface area contributed by atoms with Gasteiger partial charge in [0.2, 0.25) is 5.89 Å². The second-order valence-corrected chi connectivity index (χ2v) is 6.37. The number of aryl methyl sites for hydroxylation is 2. The van der Waals surface area contributed by atoms with Crippen molar-refractivity contribution in [1.82, 2.24) is 15.0 Å². The number of nitrogens with zero attached hydrogens (tertiary/aromatic N) is 3. The van der Waals surface area contributed by atoms with Crippen LogP contribution in [0.3, 0.4) is 0 Å². The summed E-state index contributed by atoms with van der Waals surface area (Å²) in [4.78, 5) is 18.5. The van der Waals surface area contributed by atoms with Crippen LogP contribution in [0.4, 0.5) is 0 Å². The first-order chi connectivity index (χ1) is 11.1. The minimum atomic E-state index is -0.0467. The quantitative estimate of drug-likeness (QED) is 0.858. The summed E-state index contributed by atoms with van der Waals surface area (Å²) in [7, 11) is 0. The van der Waals surface area contributed by atoms with Gasteiger partial charge in [-0.3, -0.25) is 4.79 Å². The third kappa shape index (κ3) is 2.65. The molecule has 7 nitrogen and oxygen atoms in total. The molecule has 7 heteroatoms. The molecule has 0 spiro atoms. The van der Waals surface area contributed by atoms with Gasteiger partial charge in [0.1, 0.15) is 0 Å². The third-order valence-electron chi connectivity index (χ3n) is 4.63. The zero-order chi connectivity index (χ0) is 16.0. The molecule has 1 amide bonds. The van der Waals surface area contributed by atoms with E-state index < -0.39 is 0 Å². The van der Waals surface area contributed by atoms with Crippen molar-refractivity contribution in [2.75, 3.05) is 13.1 Å². The Morgan fingerprint density at radius 3 is 2.91 bits per heavy atom. The van der Waals surface area contributed by atoms with Gasteiger partial charge in [-0.2, -0.15) is 4.98 Å². The fourth-order valence-corrected chi connectivity index (χ4v) is 3.51. The van der Waals surface area contributed by atoms with Crippen LogP contribution in [0.1, 0.15) is 34.3 Å². The molecule has 2 aliphatic rings. The first kappa shape index (κ1) is 14.4. The van der Waals surface area contributed by atoms with Crippen molar-refractivity contribution in [3.05, 3.63) is 35.4 Å². The Hall–Kier alpha value is -2.15. The van der Waals surface area contributed by atoms with E-state index in [1.807, 2.05) is 17.9 Å². The molecule has 2 aromatic rings. The predicted molar refractivity (Wildman–Crippen MR) is 78.9 cm³/mol. The van der Waals surface area contributed by atoms with Gasteiger partial charge < -0.3 is 18.6 Å². The largest absolute Gasteiger partial charge is 0.459 e. The van der Waals surface area contributed by atoms with E-state index in [0.29, 0.717) is 42.9 Å². The molecular weight excluding hydrogens is 298 g/mol. The van der Waals surface area contributed by atoms with Crippen LogP contribution >= 0.6 is 0 Å². The van der Waals surface area contributed by atoms with E-state index in [4.69, 9.17) is 13.7 Å². The molecule has 4 heterocycles. The number of hydrogen-bond acceptors (Lipinski definition) is 6. The first-order valence-electron chi connectivity index (χ1n) is 7.88. The third-order valence-corrected chi connectivity index (χ3v) is 4.63. The maximum absolute atomic E-state index is 12.5. The predicted octanol–water partition coefficient (Wildman–Crippen LogP) is 1.75. The molecule has 2 fully saturated rings. The standard InChI is InChI=1S/C16H19N3O4/c1-9-3-4-21-15(9)16(20)19-7-11-5-12(22-13(11)8-19)6-14-17-10(2)18-23-14/h3-4,11-13H,5-8H2,1-2H3/t11-,12+,13+/m0/s1. The number of ether oxygens (including phenoxy) is 1. The van der Waals surface area contributed by atoms with Crippen LogP contribution in [-0.2, 0) is 11.2 Å². The molecule has 122 valence electrons. The first-order valence-corrected chi connectivity index (χ1v) is 7.88. The van der Waals surface area contributed by atoms with Crippen molar-refractivity contribution in [3.8, 4) is 0 Å². The monoisotopic (exact) mass is 317 g/mol.